The van der Waals surface area contributed by atoms with Gasteiger partial charge in [0.1, 0.15) is 0 Å². The van der Waals surface area contributed by atoms with Gasteiger partial charge in [0.15, 0.2) is 11.5 Å². The Labute approximate surface area is 164 Å². The third-order valence-corrected chi connectivity index (χ3v) is 3.85. The lowest BCUT2D eigenvalue weighted by atomic mass is 10.1. The molecular formula is C19H19F3N2O5. The third-order valence-electron chi connectivity index (χ3n) is 3.85. The maximum absolute atomic E-state index is 12.4. The molecule has 156 valence electrons. The molecule has 0 aromatic heterocycles. The van der Waals surface area contributed by atoms with Crippen LogP contribution in [-0.2, 0) is 11.3 Å². The van der Waals surface area contributed by atoms with E-state index in [1.165, 1.54) is 57.7 Å². The second-order valence-corrected chi connectivity index (χ2v) is 5.75. The fraction of sp³-hybridized carbons (Fsp3) is 0.263. The van der Waals surface area contributed by atoms with Crippen molar-refractivity contribution in [3.05, 3.63) is 47.5 Å². The van der Waals surface area contributed by atoms with E-state index in [0.717, 1.165) is 0 Å². The Kier molecular flexibility index (Phi) is 6.92. The van der Waals surface area contributed by atoms with Crippen molar-refractivity contribution in [1.82, 2.24) is 5.32 Å². The molecular weight excluding hydrogens is 393 g/mol. The predicted molar refractivity (Wildman–Crippen MR) is 98.4 cm³/mol. The van der Waals surface area contributed by atoms with Gasteiger partial charge in [-0.3, -0.25) is 9.59 Å². The standard InChI is InChI=1S/C19H19F3N2O5/c1-27-14-8-12(9-15(28-2)16(14)29-3)17(25)23-10-11-4-6-13(7-5-11)24-18(26)19(20,21)22/h4-9H,10H2,1-3H3,(H,23,25)(H,24,26). The summed E-state index contributed by atoms with van der Waals surface area (Å²) in [5, 5.41) is 4.43. The van der Waals surface area contributed by atoms with Crippen LogP contribution in [0.15, 0.2) is 36.4 Å². The fourth-order valence-electron chi connectivity index (χ4n) is 2.40. The van der Waals surface area contributed by atoms with E-state index in [1.54, 1.807) is 5.32 Å². The largest absolute Gasteiger partial charge is 0.493 e. The van der Waals surface area contributed by atoms with Crippen molar-refractivity contribution in [3.8, 4) is 17.2 Å². The minimum Gasteiger partial charge on any atom is -0.493 e. The highest BCUT2D eigenvalue weighted by Crippen LogP contribution is 2.38. The molecule has 0 aliphatic rings. The normalized spacial score (nSPS) is 10.8. The highest BCUT2D eigenvalue weighted by atomic mass is 19.4. The van der Waals surface area contributed by atoms with Gasteiger partial charge >= 0.3 is 12.1 Å². The number of carbonyl (C=O) groups is 2. The number of hydrogen-bond donors (Lipinski definition) is 2. The Bertz CT molecular complexity index is 857. The number of benzene rings is 2. The Hall–Kier alpha value is -3.43. The molecule has 2 amide bonds. The predicted octanol–water partition coefficient (Wildman–Crippen LogP) is 3.14. The number of amides is 2. The molecule has 0 fully saturated rings. The van der Waals surface area contributed by atoms with Gasteiger partial charge in [0.05, 0.1) is 21.3 Å². The van der Waals surface area contributed by atoms with Gasteiger partial charge in [-0.2, -0.15) is 13.2 Å². The van der Waals surface area contributed by atoms with E-state index in [1.807, 2.05) is 0 Å². The monoisotopic (exact) mass is 412 g/mol. The summed E-state index contributed by atoms with van der Waals surface area (Å²) in [5.74, 6) is -1.48. The van der Waals surface area contributed by atoms with Crippen LogP contribution in [0.3, 0.4) is 0 Å². The zero-order valence-corrected chi connectivity index (χ0v) is 15.8. The zero-order chi connectivity index (χ0) is 21.6. The van der Waals surface area contributed by atoms with E-state index < -0.39 is 18.0 Å². The van der Waals surface area contributed by atoms with Crippen LogP contribution in [0.1, 0.15) is 15.9 Å². The van der Waals surface area contributed by atoms with Crippen molar-refractivity contribution >= 4 is 17.5 Å². The molecule has 0 saturated heterocycles. The third kappa shape index (κ3) is 5.53. The number of alkyl halides is 3. The first-order chi connectivity index (χ1) is 13.7. The van der Waals surface area contributed by atoms with Crippen molar-refractivity contribution in [2.45, 2.75) is 12.7 Å². The summed E-state index contributed by atoms with van der Waals surface area (Å²) in [4.78, 5) is 23.4. The van der Waals surface area contributed by atoms with E-state index in [0.29, 0.717) is 22.8 Å². The zero-order valence-electron chi connectivity index (χ0n) is 15.8. The average molecular weight is 412 g/mol. The van der Waals surface area contributed by atoms with Gasteiger partial charge in [-0.15, -0.1) is 0 Å². The molecule has 0 atom stereocenters. The minimum absolute atomic E-state index is 0.00738. The van der Waals surface area contributed by atoms with Gasteiger partial charge in [-0.05, 0) is 29.8 Å². The fourth-order valence-corrected chi connectivity index (χ4v) is 2.40. The van der Waals surface area contributed by atoms with E-state index in [2.05, 4.69) is 5.32 Å². The number of rotatable bonds is 7. The van der Waals surface area contributed by atoms with Crippen LogP contribution in [0.4, 0.5) is 18.9 Å². The van der Waals surface area contributed by atoms with Crippen LogP contribution < -0.4 is 24.8 Å². The van der Waals surface area contributed by atoms with Gasteiger partial charge in [-0.1, -0.05) is 12.1 Å². The van der Waals surface area contributed by atoms with E-state index in [9.17, 15) is 22.8 Å². The van der Waals surface area contributed by atoms with Crippen LogP contribution in [-0.4, -0.2) is 39.3 Å². The molecule has 0 aliphatic heterocycles. The second-order valence-electron chi connectivity index (χ2n) is 5.75. The number of ether oxygens (including phenoxy) is 3. The molecule has 0 heterocycles. The van der Waals surface area contributed by atoms with Crippen LogP contribution in [0.25, 0.3) is 0 Å². The smallest absolute Gasteiger partial charge is 0.471 e. The van der Waals surface area contributed by atoms with Gasteiger partial charge < -0.3 is 24.8 Å². The van der Waals surface area contributed by atoms with Crippen LogP contribution in [0.2, 0.25) is 0 Å². The molecule has 10 heteroatoms. The summed E-state index contributed by atoms with van der Waals surface area (Å²) in [6.07, 6.45) is -4.97. The Morgan fingerprint density at radius 2 is 1.48 bits per heavy atom. The highest BCUT2D eigenvalue weighted by molar-refractivity contribution is 5.96. The molecule has 2 aromatic carbocycles. The molecule has 2 rings (SSSR count). The molecule has 29 heavy (non-hydrogen) atoms. The topological polar surface area (TPSA) is 85.9 Å². The Balaban J connectivity index is 2.05. The lowest BCUT2D eigenvalue weighted by Gasteiger charge is -2.14. The van der Waals surface area contributed by atoms with E-state index >= 15 is 0 Å². The van der Waals surface area contributed by atoms with Gasteiger partial charge in [0, 0.05) is 17.8 Å². The molecule has 0 spiro atoms. The first-order valence-electron chi connectivity index (χ1n) is 8.25. The van der Waals surface area contributed by atoms with Gasteiger partial charge in [-0.25, -0.2) is 0 Å². The van der Waals surface area contributed by atoms with Crippen molar-refractivity contribution in [1.29, 1.82) is 0 Å². The SMILES string of the molecule is COc1cc(C(=O)NCc2ccc(NC(=O)C(F)(F)F)cc2)cc(OC)c1OC. The number of nitrogens with one attached hydrogen (secondary N) is 2. The molecule has 7 nitrogen and oxygen atoms in total. The average Bonchev–Trinajstić information content (AvgIpc) is 2.70. The van der Waals surface area contributed by atoms with Gasteiger partial charge in [0.2, 0.25) is 5.75 Å². The highest BCUT2D eigenvalue weighted by Gasteiger charge is 2.38. The van der Waals surface area contributed by atoms with Crippen molar-refractivity contribution in [2.24, 2.45) is 0 Å². The maximum atomic E-state index is 12.4. The molecule has 0 bridgehead atoms. The number of methoxy groups -OCH3 is 3. The van der Waals surface area contributed by atoms with Gasteiger partial charge in [0.25, 0.3) is 5.91 Å². The van der Waals surface area contributed by atoms with Crippen molar-refractivity contribution in [3.63, 3.8) is 0 Å². The first kappa shape index (κ1) is 21.9. The summed E-state index contributed by atoms with van der Waals surface area (Å²) in [7, 11) is 4.30. The summed E-state index contributed by atoms with van der Waals surface area (Å²) in [5.41, 5.74) is 0.886. The molecule has 0 aliphatic carbocycles. The number of carbonyl (C=O) groups excluding carboxylic acids is 2. The number of hydrogen-bond acceptors (Lipinski definition) is 5. The summed E-state index contributed by atoms with van der Waals surface area (Å²) >= 11 is 0. The Morgan fingerprint density at radius 3 is 1.93 bits per heavy atom. The van der Waals surface area contributed by atoms with E-state index in [4.69, 9.17) is 14.2 Å². The lowest BCUT2D eigenvalue weighted by Crippen LogP contribution is -2.29. The van der Waals surface area contributed by atoms with Crippen LogP contribution in [0, 0.1) is 0 Å². The van der Waals surface area contributed by atoms with Crippen LogP contribution in [0.5, 0.6) is 17.2 Å². The molecule has 0 radical (unpaired) electrons. The van der Waals surface area contributed by atoms with Crippen LogP contribution >= 0.6 is 0 Å². The Morgan fingerprint density at radius 1 is 0.931 bits per heavy atom. The van der Waals surface area contributed by atoms with E-state index in [-0.39, 0.29) is 17.8 Å². The maximum Gasteiger partial charge on any atom is 0.471 e. The minimum atomic E-state index is -4.97. The summed E-state index contributed by atoms with van der Waals surface area (Å²) in [6, 6.07) is 8.58. The van der Waals surface area contributed by atoms with Crippen molar-refractivity contribution < 1.29 is 37.0 Å². The molecule has 0 saturated carbocycles. The second kappa shape index (κ2) is 9.18. The number of halogens is 3. The number of anilines is 1. The lowest BCUT2D eigenvalue weighted by molar-refractivity contribution is -0.167. The molecule has 2 N–H and O–H groups in total. The molecule has 0 unspecified atom stereocenters. The molecule has 2 aromatic rings. The van der Waals surface area contributed by atoms with Crippen molar-refractivity contribution in [2.75, 3.05) is 26.6 Å². The first-order valence-corrected chi connectivity index (χ1v) is 8.25. The summed E-state index contributed by atoms with van der Waals surface area (Å²) in [6.45, 7) is 0.114. The summed E-state index contributed by atoms with van der Waals surface area (Å²) < 4.78 is 52.4. The quantitative estimate of drug-likeness (QED) is 0.730.